The van der Waals surface area contributed by atoms with E-state index in [9.17, 15) is 9.59 Å². The molecule has 0 aliphatic heterocycles. The van der Waals surface area contributed by atoms with Gasteiger partial charge in [0.05, 0.1) is 25.0 Å². The molecule has 0 aromatic rings. The second-order valence-electron chi connectivity index (χ2n) is 6.82. The molecule has 0 heterocycles. The molecular formula is C14H18O4. The maximum atomic E-state index is 12.3. The number of rotatable bonds is 2. The van der Waals surface area contributed by atoms with Gasteiger partial charge in [-0.3, -0.25) is 9.59 Å². The highest BCUT2D eigenvalue weighted by Gasteiger charge is 3.09. The van der Waals surface area contributed by atoms with Crippen LogP contribution in [0.1, 0.15) is 26.7 Å². The summed E-state index contributed by atoms with van der Waals surface area (Å²) in [6, 6.07) is 0. The Labute approximate surface area is 106 Å². The minimum Gasteiger partial charge on any atom is -0.469 e. The normalized spacial score (nSPS) is 61.1. The third-order valence-electron chi connectivity index (χ3n) is 7.49. The topological polar surface area (TPSA) is 52.6 Å². The Morgan fingerprint density at radius 1 is 0.944 bits per heavy atom. The van der Waals surface area contributed by atoms with Crippen molar-refractivity contribution in [2.24, 2.45) is 33.5 Å². The molecule has 4 heteroatoms. The molecule has 4 atom stereocenters. The van der Waals surface area contributed by atoms with Gasteiger partial charge in [-0.05, 0) is 30.1 Å². The summed E-state index contributed by atoms with van der Waals surface area (Å²) in [7, 11) is 2.84. The van der Waals surface area contributed by atoms with Crippen LogP contribution in [0.15, 0.2) is 0 Å². The van der Waals surface area contributed by atoms with E-state index in [2.05, 4.69) is 13.8 Å². The summed E-state index contributed by atoms with van der Waals surface area (Å²) in [5.41, 5.74) is -1.30. The fourth-order valence-corrected chi connectivity index (χ4v) is 6.64. The molecule has 4 fully saturated rings. The van der Waals surface area contributed by atoms with Crippen molar-refractivity contribution in [3.8, 4) is 0 Å². The number of methoxy groups -OCH3 is 2. The van der Waals surface area contributed by atoms with E-state index < -0.39 is 10.8 Å². The van der Waals surface area contributed by atoms with E-state index in [1.165, 1.54) is 14.2 Å². The lowest BCUT2D eigenvalue weighted by Gasteiger charge is -2.25. The van der Waals surface area contributed by atoms with E-state index in [0.29, 0.717) is 11.8 Å². The average Bonchev–Trinajstić information content (AvgIpc) is 3.09. The summed E-state index contributed by atoms with van der Waals surface area (Å²) >= 11 is 0. The monoisotopic (exact) mass is 250 g/mol. The molecule has 0 radical (unpaired) electrons. The Morgan fingerprint density at radius 3 is 1.67 bits per heavy atom. The highest BCUT2D eigenvalue weighted by atomic mass is 16.5. The predicted octanol–water partition coefficient (Wildman–Crippen LogP) is 1.38. The lowest BCUT2D eigenvalue weighted by molar-refractivity contribution is -0.159. The van der Waals surface area contributed by atoms with Crippen LogP contribution in [-0.4, -0.2) is 26.2 Å². The van der Waals surface area contributed by atoms with Crippen LogP contribution in [-0.2, 0) is 19.1 Å². The fraction of sp³-hybridized carbons (Fsp3) is 0.857. The molecule has 4 unspecified atom stereocenters. The second kappa shape index (κ2) is 2.35. The smallest absolute Gasteiger partial charge is 0.313 e. The highest BCUT2D eigenvalue weighted by Crippen LogP contribution is 3.06. The number of hydrogen-bond donors (Lipinski definition) is 0. The standard InChI is InChI=1S/C14H18O4/c1-11-7-5-13(9(15)17-3)12(11,2)14(13,6-8(7)11)10(16)18-4/h7-8H,5-6H2,1-4H3. The van der Waals surface area contributed by atoms with Gasteiger partial charge in [0, 0.05) is 5.41 Å². The van der Waals surface area contributed by atoms with Crippen LogP contribution in [0.4, 0.5) is 0 Å². The first kappa shape index (κ1) is 10.8. The molecule has 0 bridgehead atoms. The van der Waals surface area contributed by atoms with Crippen LogP contribution >= 0.6 is 0 Å². The van der Waals surface area contributed by atoms with Crippen LogP contribution < -0.4 is 0 Å². The molecule has 98 valence electrons. The lowest BCUT2D eigenvalue weighted by Crippen LogP contribution is -2.35. The molecule has 0 aromatic heterocycles. The average molecular weight is 250 g/mol. The summed E-state index contributed by atoms with van der Waals surface area (Å²) in [6.45, 7) is 4.35. The van der Waals surface area contributed by atoms with Gasteiger partial charge in [-0.2, -0.15) is 0 Å². The predicted molar refractivity (Wildman–Crippen MR) is 61.3 cm³/mol. The van der Waals surface area contributed by atoms with Gasteiger partial charge in [-0.1, -0.05) is 13.8 Å². The van der Waals surface area contributed by atoms with Gasteiger partial charge in [0.1, 0.15) is 0 Å². The Morgan fingerprint density at radius 2 is 1.33 bits per heavy atom. The van der Waals surface area contributed by atoms with E-state index >= 15 is 0 Å². The van der Waals surface area contributed by atoms with Crippen LogP contribution in [0, 0.1) is 33.5 Å². The van der Waals surface area contributed by atoms with Crippen molar-refractivity contribution in [1.29, 1.82) is 0 Å². The molecule has 4 rings (SSSR count). The number of carbonyl (C=O) groups is 2. The van der Waals surface area contributed by atoms with E-state index in [-0.39, 0.29) is 22.8 Å². The van der Waals surface area contributed by atoms with Crippen LogP contribution in [0.2, 0.25) is 0 Å². The van der Waals surface area contributed by atoms with Crippen molar-refractivity contribution in [1.82, 2.24) is 0 Å². The molecule has 0 saturated heterocycles. The van der Waals surface area contributed by atoms with Crippen molar-refractivity contribution in [2.45, 2.75) is 26.7 Å². The molecular weight excluding hydrogens is 232 g/mol. The highest BCUT2D eigenvalue weighted by molar-refractivity contribution is 6.00. The zero-order chi connectivity index (χ0) is 13.1. The SMILES string of the molecule is COC(=O)C12CC3C4CC1(C(=O)OC)C2(C)C34C. The molecule has 0 N–H and O–H groups in total. The van der Waals surface area contributed by atoms with Gasteiger partial charge in [-0.25, -0.2) is 0 Å². The van der Waals surface area contributed by atoms with Crippen molar-refractivity contribution >= 4 is 11.9 Å². The van der Waals surface area contributed by atoms with Crippen molar-refractivity contribution in [3.05, 3.63) is 0 Å². The molecule has 0 aromatic carbocycles. The summed E-state index contributed by atoms with van der Waals surface area (Å²) in [5, 5.41) is 0. The zero-order valence-electron chi connectivity index (χ0n) is 11.2. The fourth-order valence-electron chi connectivity index (χ4n) is 6.64. The summed E-state index contributed by atoms with van der Waals surface area (Å²) < 4.78 is 10.1. The second-order valence-corrected chi connectivity index (χ2v) is 6.82. The Balaban J connectivity index is 1.92. The van der Waals surface area contributed by atoms with Gasteiger partial charge < -0.3 is 9.47 Å². The minimum absolute atomic E-state index is 0.148. The zero-order valence-corrected chi connectivity index (χ0v) is 11.2. The van der Waals surface area contributed by atoms with E-state index in [1.807, 2.05) is 0 Å². The Kier molecular flexibility index (Phi) is 1.41. The van der Waals surface area contributed by atoms with Crippen molar-refractivity contribution in [2.75, 3.05) is 14.2 Å². The Hall–Kier alpha value is -1.06. The van der Waals surface area contributed by atoms with Gasteiger partial charge in [0.25, 0.3) is 0 Å². The molecule has 4 aliphatic rings. The largest absolute Gasteiger partial charge is 0.469 e. The van der Waals surface area contributed by atoms with Crippen molar-refractivity contribution in [3.63, 3.8) is 0 Å². The first-order valence-corrected chi connectivity index (χ1v) is 6.57. The van der Waals surface area contributed by atoms with Crippen LogP contribution in [0.3, 0.4) is 0 Å². The van der Waals surface area contributed by atoms with E-state index in [0.717, 1.165) is 12.8 Å². The molecule has 0 amide bonds. The quantitative estimate of drug-likeness (QED) is 0.695. The maximum Gasteiger partial charge on any atom is 0.313 e. The summed E-state index contributed by atoms with van der Waals surface area (Å²) in [6.07, 6.45) is 1.62. The molecule has 4 saturated carbocycles. The van der Waals surface area contributed by atoms with E-state index in [4.69, 9.17) is 9.47 Å². The minimum atomic E-state index is -0.601. The number of ether oxygens (including phenoxy) is 2. The van der Waals surface area contributed by atoms with Crippen molar-refractivity contribution < 1.29 is 19.1 Å². The van der Waals surface area contributed by atoms with Gasteiger partial charge in [0.15, 0.2) is 0 Å². The molecule has 4 nitrogen and oxygen atoms in total. The number of hydrogen-bond acceptors (Lipinski definition) is 4. The van der Waals surface area contributed by atoms with Gasteiger partial charge >= 0.3 is 11.9 Å². The number of carbonyl (C=O) groups excluding carboxylic acids is 2. The summed E-state index contributed by atoms with van der Waals surface area (Å²) in [5.74, 6) is 0.797. The lowest BCUT2D eigenvalue weighted by atomic mass is 9.79. The Bertz CT molecular complexity index is 472. The molecule has 0 spiro atoms. The van der Waals surface area contributed by atoms with Crippen LogP contribution in [0.5, 0.6) is 0 Å². The van der Waals surface area contributed by atoms with Crippen LogP contribution in [0.25, 0.3) is 0 Å². The molecule has 4 aliphatic carbocycles. The summed E-state index contributed by atoms with van der Waals surface area (Å²) in [4.78, 5) is 24.6. The third-order valence-corrected chi connectivity index (χ3v) is 7.49. The maximum absolute atomic E-state index is 12.3. The number of esters is 2. The van der Waals surface area contributed by atoms with E-state index in [1.54, 1.807) is 0 Å². The number of fused-ring (bicyclic) bond motifs is 2. The molecule has 18 heavy (non-hydrogen) atoms. The first-order chi connectivity index (χ1) is 8.40. The van der Waals surface area contributed by atoms with Gasteiger partial charge in [-0.15, -0.1) is 0 Å². The first-order valence-electron chi connectivity index (χ1n) is 6.57. The van der Waals surface area contributed by atoms with Gasteiger partial charge in [0.2, 0.25) is 0 Å². The third kappa shape index (κ3) is 0.546.